The molecule has 1 saturated carbocycles. The van der Waals surface area contributed by atoms with Gasteiger partial charge in [0.2, 0.25) is 0 Å². The zero-order chi connectivity index (χ0) is 20.4. The number of halogens is 1. The highest BCUT2D eigenvalue weighted by atomic mass is 127. The van der Waals surface area contributed by atoms with Gasteiger partial charge >= 0.3 is 0 Å². The van der Waals surface area contributed by atoms with Gasteiger partial charge in [0.15, 0.2) is 5.96 Å². The molecule has 0 radical (unpaired) electrons. The van der Waals surface area contributed by atoms with Gasteiger partial charge in [-0.2, -0.15) is 0 Å². The van der Waals surface area contributed by atoms with Crippen molar-refractivity contribution in [1.82, 2.24) is 15.5 Å². The van der Waals surface area contributed by atoms with Crippen LogP contribution in [0, 0.1) is 5.41 Å². The monoisotopic (exact) mass is 518 g/mol. The number of ether oxygens (including phenoxy) is 2. The van der Waals surface area contributed by atoms with Gasteiger partial charge in [0.1, 0.15) is 5.75 Å². The first-order chi connectivity index (χ1) is 13.5. The summed E-state index contributed by atoms with van der Waals surface area (Å²) < 4.78 is 10.9. The topological polar surface area (TPSA) is 58.1 Å². The van der Waals surface area contributed by atoms with E-state index >= 15 is 0 Å². The van der Waals surface area contributed by atoms with Crippen LogP contribution in [0.4, 0.5) is 0 Å². The van der Waals surface area contributed by atoms with Gasteiger partial charge in [-0.3, -0.25) is 4.99 Å². The Morgan fingerprint density at radius 3 is 2.48 bits per heavy atom. The van der Waals surface area contributed by atoms with Gasteiger partial charge in [-0.15, -0.1) is 24.0 Å². The second-order valence-corrected chi connectivity index (χ2v) is 7.89. The van der Waals surface area contributed by atoms with Gasteiger partial charge in [-0.25, -0.2) is 0 Å². The number of hydrogen-bond acceptors (Lipinski definition) is 4. The van der Waals surface area contributed by atoms with E-state index < -0.39 is 0 Å². The zero-order valence-corrected chi connectivity index (χ0v) is 21.0. The first-order valence-electron chi connectivity index (χ1n) is 10.4. The van der Waals surface area contributed by atoms with E-state index in [0.717, 1.165) is 44.4 Å². The lowest BCUT2D eigenvalue weighted by Gasteiger charge is -2.40. The van der Waals surface area contributed by atoms with Crippen LogP contribution in [0.5, 0.6) is 5.75 Å². The standard InChI is InChI=1S/C22H38N4O2.HI/c1-6-23-21(25-17-22(12-9-13-22)14-15-27-4)24-16-19(26(2)3)18-10-7-8-11-20(18)28-5;/h7-8,10-11,19H,6,9,12-17H2,1-5H3,(H2,23,24,25);1H. The van der Waals surface area contributed by atoms with E-state index in [2.05, 4.69) is 48.7 Å². The number of aliphatic imine (C=N–C) groups is 1. The first kappa shape index (κ1) is 26.0. The number of nitrogens with one attached hydrogen (secondary N) is 2. The number of para-hydroxylation sites is 1. The predicted octanol–water partition coefficient (Wildman–Crippen LogP) is 3.68. The van der Waals surface area contributed by atoms with Gasteiger partial charge in [0.05, 0.1) is 13.2 Å². The number of rotatable bonds is 11. The van der Waals surface area contributed by atoms with Crippen LogP contribution >= 0.6 is 24.0 Å². The molecule has 2 rings (SSSR count). The minimum Gasteiger partial charge on any atom is -0.496 e. The molecule has 1 fully saturated rings. The van der Waals surface area contributed by atoms with Crippen molar-refractivity contribution in [3.05, 3.63) is 29.8 Å². The van der Waals surface area contributed by atoms with Crippen LogP contribution in [-0.2, 0) is 4.74 Å². The number of methoxy groups -OCH3 is 2. The van der Waals surface area contributed by atoms with E-state index in [0.29, 0.717) is 5.41 Å². The summed E-state index contributed by atoms with van der Waals surface area (Å²) in [5, 5.41) is 6.93. The minimum atomic E-state index is 0. The van der Waals surface area contributed by atoms with E-state index in [1.54, 1.807) is 14.2 Å². The van der Waals surface area contributed by atoms with Crippen LogP contribution in [0.3, 0.4) is 0 Å². The highest BCUT2D eigenvalue weighted by Crippen LogP contribution is 2.44. The van der Waals surface area contributed by atoms with E-state index in [9.17, 15) is 0 Å². The molecule has 6 nitrogen and oxygen atoms in total. The second-order valence-electron chi connectivity index (χ2n) is 7.89. The van der Waals surface area contributed by atoms with Gasteiger partial charge in [-0.05, 0) is 51.8 Å². The molecule has 1 aliphatic rings. The Kier molecular flexibility index (Phi) is 11.9. The molecular weight excluding hydrogens is 479 g/mol. The van der Waals surface area contributed by atoms with Crippen molar-refractivity contribution in [2.45, 2.75) is 38.6 Å². The van der Waals surface area contributed by atoms with Gasteiger partial charge < -0.3 is 25.0 Å². The molecule has 166 valence electrons. The summed E-state index contributed by atoms with van der Waals surface area (Å²) in [4.78, 5) is 7.13. The van der Waals surface area contributed by atoms with Crippen molar-refractivity contribution in [1.29, 1.82) is 0 Å². The summed E-state index contributed by atoms with van der Waals surface area (Å²) in [7, 11) is 7.69. The van der Waals surface area contributed by atoms with Crippen LogP contribution in [0.2, 0.25) is 0 Å². The van der Waals surface area contributed by atoms with Crippen LogP contribution < -0.4 is 15.4 Å². The lowest BCUT2D eigenvalue weighted by molar-refractivity contribution is 0.0778. The van der Waals surface area contributed by atoms with Crippen molar-refractivity contribution in [3.8, 4) is 5.75 Å². The molecule has 0 heterocycles. The van der Waals surface area contributed by atoms with Crippen molar-refractivity contribution in [2.75, 3.05) is 54.6 Å². The molecule has 0 aromatic heterocycles. The van der Waals surface area contributed by atoms with Crippen molar-refractivity contribution < 1.29 is 9.47 Å². The van der Waals surface area contributed by atoms with E-state index in [1.165, 1.54) is 24.8 Å². The fourth-order valence-corrected chi connectivity index (χ4v) is 3.78. The smallest absolute Gasteiger partial charge is 0.191 e. The number of benzene rings is 1. The number of nitrogens with zero attached hydrogens (tertiary/aromatic N) is 2. The molecule has 1 aliphatic carbocycles. The van der Waals surface area contributed by atoms with E-state index in [1.807, 2.05) is 12.1 Å². The lowest BCUT2D eigenvalue weighted by Crippen LogP contribution is -2.43. The average Bonchev–Trinajstić information content (AvgIpc) is 2.67. The maximum atomic E-state index is 5.57. The molecule has 0 spiro atoms. The van der Waals surface area contributed by atoms with Crippen LogP contribution in [-0.4, -0.2) is 65.4 Å². The van der Waals surface area contributed by atoms with Crippen LogP contribution in [0.15, 0.2) is 29.3 Å². The van der Waals surface area contributed by atoms with Crippen molar-refractivity contribution >= 4 is 29.9 Å². The molecule has 7 heteroatoms. The zero-order valence-electron chi connectivity index (χ0n) is 18.7. The van der Waals surface area contributed by atoms with Gasteiger partial charge in [0, 0.05) is 38.9 Å². The number of likely N-dealkylation sites (N-methyl/N-ethyl adjacent to an activating group) is 1. The molecule has 1 aromatic rings. The summed E-state index contributed by atoms with van der Waals surface area (Å²) in [6.45, 7) is 5.37. The average molecular weight is 518 g/mol. The Hall–Kier alpha value is -1.06. The highest BCUT2D eigenvalue weighted by molar-refractivity contribution is 14.0. The molecule has 1 atom stereocenters. The molecule has 0 aliphatic heterocycles. The molecule has 1 aromatic carbocycles. The van der Waals surface area contributed by atoms with E-state index in [4.69, 9.17) is 14.5 Å². The molecule has 0 saturated heterocycles. The molecule has 2 N–H and O–H groups in total. The lowest BCUT2D eigenvalue weighted by atomic mass is 9.67. The van der Waals surface area contributed by atoms with Crippen LogP contribution in [0.25, 0.3) is 0 Å². The third-order valence-corrected chi connectivity index (χ3v) is 5.75. The summed E-state index contributed by atoms with van der Waals surface area (Å²) >= 11 is 0. The Balaban J connectivity index is 0.00000420. The summed E-state index contributed by atoms with van der Waals surface area (Å²) in [6.07, 6.45) is 4.90. The Morgan fingerprint density at radius 1 is 1.21 bits per heavy atom. The number of guanidine groups is 1. The maximum absolute atomic E-state index is 5.57. The molecule has 0 bridgehead atoms. The predicted molar refractivity (Wildman–Crippen MR) is 132 cm³/mol. The Bertz CT molecular complexity index is 621. The van der Waals surface area contributed by atoms with Gasteiger partial charge in [0.25, 0.3) is 0 Å². The third kappa shape index (κ3) is 7.61. The maximum Gasteiger partial charge on any atom is 0.191 e. The fourth-order valence-electron chi connectivity index (χ4n) is 3.78. The van der Waals surface area contributed by atoms with E-state index in [-0.39, 0.29) is 30.0 Å². The van der Waals surface area contributed by atoms with Gasteiger partial charge in [-0.1, -0.05) is 24.6 Å². The molecule has 29 heavy (non-hydrogen) atoms. The second kappa shape index (κ2) is 13.3. The molecule has 1 unspecified atom stereocenters. The summed E-state index contributed by atoms with van der Waals surface area (Å²) in [5.41, 5.74) is 1.50. The normalized spacial score (nSPS) is 16.6. The summed E-state index contributed by atoms with van der Waals surface area (Å²) in [6, 6.07) is 8.40. The quantitative estimate of drug-likeness (QED) is 0.266. The van der Waals surface area contributed by atoms with Crippen molar-refractivity contribution in [3.63, 3.8) is 0 Å². The first-order valence-corrected chi connectivity index (χ1v) is 10.4. The van der Waals surface area contributed by atoms with Crippen LogP contribution in [0.1, 0.15) is 44.2 Å². The molecular formula is C22H39IN4O2. The fraction of sp³-hybridized carbons (Fsp3) is 0.682. The Morgan fingerprint density at radius 2 is 1.93 bits per heavy atom. The number of hydrogen-bond donors (Lipinski definition) is 2. The third-order valence-electron chi connectivity index (χ3n) is 5.75. The van der Waals surface area contributed by atoms with Crippen molar-refractivity contribution in [2.24, 2.45) is 10.4 Å². The molecule has 0 amide bonds. The highest BCUT2D eigenvalue weighted by Gasteiger charge is 2.36. The minimum absolute atomic E-state index is 0. The summed E-state index contributed by atoms with van der Waals surface area (Å²) in [5.74, 6) is 1.80. The Labute approximate surface area is 193 Å². The SMILES string of the molecule is CCNC(=NCC1(CCOC)CCC1)NCC(c1ccccc1OC)N(C)C.I. The largest absolute Gasteiger partial charge is 0.496 e.